The Balaban J connectivity index is 1.68. The Morgan fingerprint density at radius 1 is 0.730 bits per heavy atom. The summed E-state index contributed by atoms with van der Waals surface area (Å²) in [6, 6.07) is 31.2. The molecule has 7 rings (SSSR count). The number of hydrogen-bond acceptors (Lipinski definition) is 2. The van der Waals surface area contributed by atoms with Crippen LogP contribution in [0.15, 0.2) is 84.9 Å². The lowest BCUT2D eigenvalue weighted by molar-refractivity contribution is 0.0554. The van der Waals surface area contributed by atoms with Gasteiger partial charge in [-0.15, -0.1) is 0 Å². The van der Waals surface area contributed by atoms with Crippen molar-refractivity contribution in [2.24, 2.45) is 0 Å². The van der Waals surface area contributed by atoms with Crippen LogP contribution in [0, 0.1) is 6.92 Å². The number of aryl methyl sites for hydroxylation is 3. The zero-order valence-corrected chi connectivity index (χ0v) is 21.6. The van der Waals surface area contributed by atoms with Crippen molar-refractivity contribution >= 4 is 10.8 Å². The normalized spacial score (nSPS) is 15.8. The average Bonchev–Trinajstić information content (AvgIpc) is 3.09. The first kappa shape index (κ1) is 22.3. The van der Waals surface area contributed by atoms with Crippen molar-refractivity contribution in [2.45, 2.75) is 39.4 Å². The van der Waals surface area contributed by atoms with E-state index in [1.807, 2.05) is 0 Å². The fourth-order valence-electron chi connectivity index (χ4n) is 6.43. The largest absolute Gasteiger partial charge is 0.496 e. The van der Waals surface area contributed by atoms with E-state index in [-0.39, 0.29) is 6.10 Å². The van der Waals surface area contributed by atoms with Crippen LogP contribution in [0.5, 0.6) is 5.75 Å². The number of rotatable bonds is 2. The molecule has 2 nitrogen and oxygen atoms in total. The van der Waals surface area contributed by atoms with E-state index in [0.717, 1.165) is 18.6 Å². The smallest absolute Gasteiger partial charge is 0.127 e. The maximum absolute atomic E-state index is 6.55. The van der Waals surface area contributed by atoms with Gasteiger partial charge in [0.25, 0.3) is 0 Å². The standard InChI is InChI=1S/C35H30O2/c1-21-11-13-24(14-12-21)29-19-26-18-17-25-16-15-23-7-4-5-9-28(23)32(25)34(26)35-31(29)22(2)37-20-27-8-6-10-30(36-3)33(27)35/h4-16,19,22H,17-18,20H2,1-3H3/t22-/m0/s1. The van der Waals surface area contributed by atoms with Crippen molar-refractivity contribution in [3.05, 3.63) is 113 Å². The fraction of sp³-hybridized carbons (Fsp3) is 0.200. The van der Waals surface area contributed by atoms with Gasteiger partial charge in [0.15, 0.2) is 0 Å². The summed E-state index contributed by atoms with van der Waals surface area (Å²) in [6.45, 7) is 4.91. The van der Waals surface area contributed by atoms with Gasteiger partial charge in [-0.25, -0.2) is 0 Å². The molecule has 0 fully saturated rings. The highest BCUT2D eigenvalue weighted by Gasteiger charge is 2.33. The molecule has 1 atom stereocenters. The Labute approximate surface area is 218 Å². The van der Waals surface area contributed by atoms with Crippen LogP contribution in [-0.4, -0.2) is 7.11 Å². The van der Waals surface area contributed by atoms with Crippen LogP contribution in [-0.2, 0) is 24.2 Å². The second kappa shape index (κ2) is 8.61. The lowest BCUT2D eigenvalue weighted by Gasteiger charge is -2.30. The Kier molecular flexibility index (Phi) is 5.19. The second-order valence-electron chi connectivity index (χ2n) is 10.4. The van der Waals surface area contributed by atoms with E-state index in [2.05, 4.69) is 98.8 Å². The molecule has 5 aromatic rings. The highest BCUT2D eigenvalue weighted by molar-refractivity contribution is 6.06. The molecule has 0 saturated heterocycles. The SMILES string of the molecule is COc1cccc2c1-c1c3c(cc(-c4ccc(C)cc4)c1[C@H](C)OC2)CCc1ccc2ccccc2c1-3. The minimum Gasteiger partial charge on any atom is -0.496 e. The third kappa shape index (κ3) is 3.43. The van der Waals surface area contributed by atoms with Crippen molar-refractivity contribution in [3.8, 4) is 39.1 Å². The first-order valence-electron chi connectivity index (χ1n) is 13.2. The van der Waals surface area contributed by atoms with Crippen molar-refractivity contribution in [3.63, 3.8) is 0 Å². The first-order valence-corrected chi connectivity index (χ1v) is 13.2. The number of methoxy groups -OCH3 is 1. The molecule has 0 N–H and O–H groups in total. The topological polar surface area (TPSA) is 18.5 Å². The van der Waals surface area contributed by atoms with E-state index in [9.17, 15) is 0 Å². The zero-order chi connectivity index (χ0) is 25.1. The molecule has 0 amide bonds. The Hall–Kier alpha value is -3.88. The van der Waals surface area contributed by atoms with Crippen LogP contribution in [0.3, 0.4) is 0 Å². The molecular weight excluding hydrogens is 452 g/mol. The van der Waals surface area contributed by atoms with Gasteiger partial charge in [0, 0.05) is 11.1 Å². The third-order valence-electron chi connectivity index (χ3n) is 8.22. The molecule has 0 saturated carbocycles. The number of fused-ring (bicyclic) bond motifs is 9. The van der Waals surface area contributed by atoms with Gasteiger partial charge in [0.2, 0.25) is 0 Å². The molecule has 0 radical (unpaired) electrons. The lowest BCUT2D eigenvalue weighted by atomic mass is 9.74. The number of benzene rings is 5. The summed E-state index contributed by atoms with van der Waals surface area (Å²) in [5, 5.41) is 2.60. The molecule has 0 aromatic heterocycles. The molecule has 0 unspecified atom stereocenters. The molecule has 0 spiro atoms. The summed E-state index contributed by atoms with van der Waals surface area (Å²) in [4.78, 5) is 0. The quantitative estimate of drug-likeness (QED) is 0.250. The summed E-state index contributed by atoms with van der Waals surface area (Å²) in [5.41, 5.74) is 14.2. The van der Waals surface area contributed by atoms with Crippen molar-refractivity contribution in [1.82, 2.24) is 0 Å². The van der Waals surface area contributed by atoms with Gasteiger partial charge < -0.3 is 9.47 Å². The van der Waals surface area contributed by atoms with E-state index in [1.54, 1.807) is 7.11 Å². The lowest BCUT2D eigenvalue weighted by Crippen LogP contribution is -2.10. The summed E-state index contributed by atoms with van der Waals surface area (Å²) in [7, 11) is 1.78. The predicted molar refractivity (Wildman–Crippen MR) is 152 cm³/mol. The summed E-state index contributed by atoms with van der Waals surface area (Å²) in [5.74, 6) is 0.909. The molecule has 2 aliphatic rings. The number of ether oxygens (including phenoxy) is 2. The average molecular weight is 483 g/mol. The van der Waals surface area contributed by atoms with E-state index < -0.39 is 0 Å². The minimum absolute atomic E-state index is 0.0611. The van der Waals surface area contributed by atoms with Gasteiger partial charge in [-0.2, -0.15) is 0 Å². The van der Waals surface area contributed by atoms with Gasteiger partial charge in [-0.1, -0.05) is 84.4 Å². The van der Waals surface area contributed by atoms with Crippen LogP contribution in [0.4, 0.5) is 0 Å². The predicted octanol–water partition coefficient (Wildman–Crippen LogP) is 8.85. The van der Waals surface area contributed by atoms with Gasteiger partial charge >= 0.3 is 0 Å². The van der Waals surface area contributed by atoms with Gasteiger partial charge in [0.05, 0.1) is 19.8 Å². The highest BCUT2D eigenvalue weighted by atomic mass is 16.5. The molecule has 1 heterocycles. The van der Waals surface area contributed by atoms with E-state index in [0.29, 0.717) is 6.61 Å². The molecule has 2 heteroatoms. The van der Waals surface area contributed by atoms with Crippen molar-refractivity contribution < 1.29 is 9.47 Å². The first-order chi connectivity index (χ1) is 18.1. The Morgan fingerprint density at radius 3 is 2.38 bits per heavy atom. The molecule has 1 aliphatic carbocycles. The summed E-state index contributed by atoms with van der Waals surface area (Å²) in [6.07, 6.45) is 2.01. The Bertz CT molecular complexity index is 1680. The van der Waals surface area contributed by atoms with Crippen LogP contribution in [0.25, 0.3) is 44.2 Å². The molecule has 1 aliphatic heterocycles. The van der Waals surface area contributed by atoms with Gasteiger partial charge in [0.1, 0.15) is 5.75 Å². The Morgan fingerprint density at radius 2 is 1.54 bits per heavy atom. The second-order valence-corrected chi connectivity index (χ2v) is 10.4. The zero-order valence-electron chi connectivity index (χ0n) is 21.6. The molecular formula is C35H30O2. The van der Waals surface area contributed by atoms with Crippen molar-refractivity contribution in [2.75, 3.05) is 7.11 Å². The maximum atomic E-state index is 6.55. The van der Waals surface area contributed by atoms with E-state index in [1.165, 1.54) is 72.0 Å². The van der Waals surface area contributed by atoms with Gasteiger partial charge in [-0.3, -0.25) is 0 Å². The maximum Gasteiger partial charge on any atom is 0.127 e. The van der Waals surface area contributed by atoms with Crippen molar-refractivity contribution in [1.29, 1.82) is 0 Å². The molecule has 182 valence electrons. The van der Waals surface area contributed by atoms with E-state index in [4.69, 9.17) is 9.47 Å². The number of hydrogen-bond donors (Lipinski definition) is 0. The molecule has 0 bridgehead atoms. The fourth-order valence-corrected chi connectivity index (χ4v) is 6.43. The van der Waals surface area contributed by atoms with Crippen LogP contribution < -0.4 is 4.74 Å². The molecule has 5 aromatic carbocycles. The van der Waals surface area contributed by atoms with E-state index >= 15 is 0 Å². The third-order valence-corrected chi connectivity index (χ3v) is 8.22. The van der Waals surface area contributed by atoms with Gasteiger partial charge in [-0.05, 0) is 88.0 Å². The summed E-state index contributed by atoms with van der Waals surface area (Å²) >= 11 is 0. The van der Waals surface area contributed by atoms with Crippen LogP contribution in [0.2, 0.25) is 0 Å². The summed E-state index contributed by atoms with van der Waals surface area (Å²) < 4.78 is 12.6. The van der Waals surface area contributed by atoms with Crippen LogP contribution >= 0.6 is 0 Å². The van der Waals surface area contributed by atoms with Crippen LogP contribution in [0.1, 0.15) is 40.8 Å². The monoisotopic (exact) mass is 482 g/mol. The minimum atomic E-state index is -0.0611. The highest BCUT2D eigenvalue weighted by Crippen LogP contribution is 2.54. The molecule has 37 heavy (non-hydrogen) atoms.